The zero-order valence-electron chi connectivity index (χ0n) is 23.2. The number of nitrogens with two attached hydrogens (primary N) is 1. The highest BCUT2D eigenvalue weighted by Gasteiger charge is 2.25. The van der Waals surface area contributed by atoms with Crippen LogP contribution in [0.3, 0.4) is 0 Å². The van der Waals surface area contributed by atoms with Gasteiger partial charge in [0.15, 0.2) is 17.5 Å². The lowest BCUT2D eigenvalue weighted by molar-refractivity contribution is 0.0140. The third-order valence-electron chi connectivity index (χ3n) is 6.75. The molecule has 2 amide bonds. The van der Waals surface area contributed by atoms with Crippen LogP contribution in [0.4, 0.5) is 19.4 Å². The zero-order valence-corrected chi connectivity index (χ0v) is 23.2. The SMILES string of the molecule is CN(CCOCCOCCOCCN)C(=O)N[C@@H]1CCC[C@H](Nc2nc(-c3c[nH]c4ncc(F)cc34)ncc2F)C1. The molecule has 0 aromatic carbocycles. The van der Waals surface area contributed by atoms with Crippen molar-refractivity contribution in [1.29, 1.82) is 0 Å². The molecule has 224 valence electrons. The van der Waals surface area contributed by atoms with Crippen molar-refractivity contribution in [2.24, 2.45) is 5.73 Å². The molecular formula is C27H38F2N8O4. The summed E-state index contributed by atoms with van der Waals surface area (Å²) in [6.45, 7) is 3.68. The average molecular weight is 577 g/mol. The zero-order chi connectivity index (χ0) is 29.0. The second-order valence-electron chi connectivity index (χ2n) is 9.84. The molecule has 3 heterocycles. The van der Waals surface area contributed by atoms with E-state index in [0.717, 1.165) is 31.7 Å². The topological polar surface area (TPSA) is 153 Å². The number of nitrogens with zero attached hydrogens (tertiary/aromatic N) is 4. The fraction of sp³-hybridized carbons (Fsp3) is 0.556. The molecule has 3 aromatic rings. The molecule has 0 bridgehead atoms. The highest BCUT2D eigenvalue weighted by molar-refractivity contribution is 5.91. The van der Waals surface area contributed by atoms with E-state index >= 15 is 0 Å². The van der Waals surface area contributed by atoms with Crippen LogP contribution >= 0.6 is 0 Å². The number of halogens is 2. The molecule has 0 spiro atoms. The number of nitrogens with one attached hydrogen (secondary N) is 3. The molecule has 2 atom stereocenters. The number of ether oxygens (including phenoxy) is 3. The highest BCUT2D eigenvalue weighted by Crippen LogP contribution is 2.28. The minimum atomic E-state index is -0.589. The fourth-order valence-electron chi connectivity index (χ4n) is 4.62. The second-order valence-corrected chi connectivity index (χ2v) is 9.84. The van der Waals surface area contributed by atoms with Gasteiger partial charge in [-0.05, 0) is 31.7 Å². The Morgan fingerprint density at radius 2 is 1.80 bits per heavy atom. The summed E-state index contributed by atoms with van der Waals surface area (Å²) in [4.78, 5) is 29.7. The highest BCUT2D eigenvalue weighted by atomic mass is 19.1. The van der Waals surface area contributed by atoms with E-state index in [1.165, 1.54) is 6.07 Å². The summed E-state index contributed by atoms with van der Waals surface area (Å²) in [6.07, 6.45) is 6.94. The van der Waals surface area contributed by atoms with Crippen molar-refractivity contribution in [3.8, 4) is 11.4 Å². The summed E-state index contributed by atoms with van der Waals surface area (Å²) in [5.41, 5.74) is 6.36. The summed E-state index contributed by atoms with van der Waals surface area (Å²) in [5.74, 6) is -0.764. The van der Waals surface area contributed by atoms with E-state index < -0.39 is 11.6 Å². The number of carbonyl (C=O) groups is 1. The monoisotopic (exact) mass is 576 g/mol. The number of hydrogen-bond acceptors (Lipinski definition) is 9. The Kier molecular flexibility index (Phi) is 11.5. The predicted molar refractivity (Wildman–Crippen MR) is 149 cm³/mol. The molecule has 5 N–H and O–H groups in total. The summed E-state index contributed by atoms with van der Waals surface area (Å²) in [5, 5.41) is 6.75. The smallest absolute Gasteiger partial charge is 0.317 e. The first-order valence-electron chi connectivity index (χ1n) is 13.8. The van der Waals surface area contributed by atoms with E-state index in [-0.39, 0.29) is 29.8 Å². The Morgan fingerprint density at radius 3 is 2.59 bits per heavy atom. The molecule has 0 unspecified atom stereocenters. The normalized spacial score (nSPS) is 17.1. The molecule has 1 aliphatic rings. The largest absolute Gasteiger partial charge is 0.378 e. The van der Waals surface area contributed by atoms with Crippen LogP contribution in [-0.2, 0) is 14.2 Å². The number of hydrogen-bond donors (Lipinski definition) is 4. The Balaban J connectivity index is 1.21. The summed E-state index contributed by atoms with van der Waals surface area (Å²) < 4.78 is 44.6. The molecule has 1 aliphatic carbocycles. The fourth-order valence-corrected chi connectivity index (χ4v) is 4.62. The van der Waals surface area contributed by atoms with Crippen LogP contribution < -0.4 is 16.4 Å². The Labute approximate surface area is 237 Å². The standard InChI is InChI=1S/C27H38F2N8O4/c1-37(6-8-40-10-12-41-11-9-39-7-5-30)27(38)35-20-4-2-3-19(14-20)34-26-23(29)17-33-25(36-26)22-16-32-24-21(22)13-18(28)15-31-24/h13,15-17,19-20H,2-12,14,30H2,1H3,(H,31,32)(H,35,38)(H,33,34,36)/t19-,20+/m0/s1. The predicted octanol–water partition coefficient (Wildman–Crippen LogP) is 2.67. The Morgan fingerprint density at radius 1 is 1.07 bits per heavy atom. The number of anilines is 1. The lowest BCUT2D eigenvalue weighted by Gasteiger charge is -2.32. The molecule has 0 saturated heterocycles. The van der Waals surface area contributed by atoms with Crippen LogP contribution in [0.5, 0.6) is 0 Å². The van der Waals surface area contributed by atoms with Gasteiger partial charge in [-0.15, -0.1) is 0 Å². The van der Waals surface area contributed by atoms with Crippen molar-refractivity contribution in [3.63, 3.8) is 0 Å². The first-order valence-corrected chi connectivity index (χ1v) is 13.8. The van der Waals surface area contributed by atoms with E-state index in [2.05, 4.69) is 30.6 Å². The van der Waals surface area contributed by atoms with Gasteiger partial charge >= 0.3 is 6.03 Å². The Bertz CT molecular complexity index is 1260. The second kappa shape index (κ2) is 15.5. The van der Waals surface area contributed by atoms with E-state index in [4.69, 9.17) is 19.9 Å². The first kappa shape index (κ1) is 30.5. The van der Waals surface area contributed by atoms with Crippen molar-refractivity contribution < 1.29 is 27.8 Å². The van der Waals surface area contributed by atoms with Gasteiger partial charge in [-0.25, -0.2) is 28.5 Å². The van der Waals surface area contributed by atoms with Crippen molar-refractivity contribution >= 4 is 22.9 Å². The number of carbonyl (C=O) groups excluding carboxylic acids is 1. The molecule has 0 aliphatic heterocycles. The van der Waals surface area contributed by atoms with Gasteiger partial charge in [-0.1, -0.05) is 0 Å². The van der Waals surface area contributed by atoms with Gasteiger partial charge in [0.1, 0.15) is 11.5 Å². The number of likely N-dealkylation sites (N-methyl/N-ethyl adjacent to an activating group) is 1. The maximum absolute atomic E-state index is 14.7. The Hall–Kier alpha value is -3.46. The number of aromatic amines is 1. The van der Waals surface area contributed by atoms with Crippen molar-refractivity contribution in [2.45, 2.75) is 37.8 Å². The molecule has 1 saturated carbocycles. The van der Waals surface area contributed by atoms with E-state index in [1.807, 2.05) is 0 Å². The third-order valence-corrected chi connectivity index (χ3v) is 6.75. The molecule has 3 aromatic heterocycles. The molecule has 4 rings (SSSR count). The molecule has 0 radical (unpaired) electrons. The van der Waals surface area contributed by atoms with Gasteiger partial charge in [-0.3, -0.25) is 0 Å². The number of fused-ring (bicyclic) bond motifs is 1. The van der Waals surface area contributed by atoms with Gasteiger partial charge in [-0.2, -0.15) is 0 Å². The average Bonchev–Trinajstić information content (AvgIpc) is 3.38. The van der Waals surface area contributed by atoms with Gasteiger partial charge in [0.25, 0.3) is 0 Å². The number of pyridine rings is 1. The van der Waals surface area contributed by atoms with Gasteiger partial charge in [0.2, 0.25) is 0 Å². The molecule has 1 fully saturated rings. The molecular weight excluding hydrogens is 538 g/mol. The minimum absolute atomic E-state index is 0.0621. The number of H-pyrrole nitrogens is 1. The molecule has 41 heavy (non-hydrogen) atoms. The summed E-state index contributed by atoms with van der Waals surface area (Å²) in [6, 6.07) is 0.980. The minimum Gasteiger partial charge on any atom is -0.378 e. The van der Waals surface area contributed by atoms with Crippen molar-refractivity contribution in [1.82, 2.24) is 30.2 Å². The van der Waals surface area contributed by atoms with Crippen LogP contribution in [0.1, 0.15) is 25.7 Å². The van der Waals surface area contributed by atoms with Crippen LogP contribution in [0.25, 0.3) is 22.4 Å². The van der Waals surface area contributed by atoms with Crippen LogP contribution in [-0.4, -0.2) is 103 Å². The first-order chi connectivity index (χ1) is 19.9. The lowest BCUT2D eigenvalue weighted by Crippen LogP contribution is -2.47. The lowest BCUT2D eigenvalue weighted by atomic mass is 9.91. The number of amides is 2. The van der Waals surface area contributed by atoms with Crippen LogP contribution in [0.15, 0.2) is 24.7 Å². The van der Waals surface area contributed by atoms with Crippen molar-refractivity contribution in [3.05, 3.63) is 36.3 Å². The van der Waals surface area contributed by atoms with E-state index in [0.29, 0.717) is 75.7 Å². The quantitative estimate of drug-likeness (QED) is 0.200. The summed E-state index contributed by atoms with van der Waals surface area (Å²) >= 11 is 0. The third kappa shape index (κ3) is 9.01. The maximum atomic E-state index is 14.7. The van der Waals surface area contributed by atoms with Crippen LogP contribution in [0, 0.1) is 11.6 Å². The van der Waals surface area contributed by atoms with Crippen LogP contribution in [0.2, 0.25) is 0 Å². The van der Waals surface area contributed by atoms with Gasteiger partial charge < -0.3 is 40.5 Å². The summed E-state index contributed by atoms with van der Waals surface area (Å²) in [7, 11) is 1.71. The molecule has 12 nitrogen and oxygen atoms in total. The molecule has 14 heteroatoms. The van der Waals surface area contributed by atoms with Gasteiger partial charge in [0, 0.05) is 49.4 Å². The van der Waals surface area contributed by atoms with E-state index in [9.17, 15) is 13.6 Å². The van der Waals surface area contributed by atoms with E-state index in [1.54, 1.807) is 18.1 Å². The number of rotatable bonds is 15. The maximum Gasteiger partial charge on any atom is 0.317 e. The van der Waals surface area contributed by atoms with Crippen molar-refractivity contribution in [2.75, 3.05) is 65.1 Å². The van der Waals surface area contributed by atoms with Gasteiger partial charge in [0.05, 0.1) is 52.0 Å². The number of urea groups is 1. The number of aromatic nitrogens is 4.